The molecule has 1 aliphatic carbocycles. The standard InChI is InChI=1S/C13H18N4O2/c14-10(6-11(15)18)12(19)17-8-13(3-4-13)9-2-1-5-16-7-9/h1-2,5,7,10H,3-4,6,8,14H2,(H2,15,18)(H,17,19)/t10-/m0/s1. The second-order valence-electron chi connectivity index (χ2n) is 5.02. The number of carbonyl (C=O) groups excluding carboxylic acids is 2. The summed E-state index contributed by atoms with van der Waals surface area (Å²) in [7, 11) is 0. The molecule has 1 saturated carbocycles. The molecular weight excluding hydrogens is 244 g/mol. The second-order valence-corrected chi connectivity index (χ2v) is 5.02. The summed E-state index contributed by atoms with van der Waals surface area (Å²) in [5.74, 6) is -0.912. The zero-order valence-corrected chi connectivity index (χ0v) is 10.6. The lowest BCUT2D eigenvalue weighted by Gasteiger charge is -2.17. The third-order valence-electron chi connectivity index (χ3n) is 3.49. The van der Waals surface area contributed by atoms with Crippen LogP contribution in [0.5, 0.6) is 0 Å². The van der Waals surface area contributed by atoms with Crippen molar-refractivity contribution >= 4 is 11.8 Å². The fourth-order valence-electron chi connectivity index (χ4n) is 2.09. The number of nitrogens with zero attached hydrogens (tertiary/aromatic N) is 1. The van der Waals surface area contributed by atoms with E-state index in [4.69, 9.17) is 11.5 Å². The molecule has 1 aromatic rings. The molecule has 0 spiro atoms. The number of hydrogen-bond donors (Lipinski definition) is 3. The van der Waals surface area contributed by atoms with E-state index in [2.05, 4.69) is 10.3 Å². The number of nitrogens with one attached hydrogen (secondary N) is 1. The van der Waals surface area contributed by atoms with Crippen LogP contribution in [0.15, 0.2) is 24.5 Å². The number of nitrogens with two attached hydrogens (primary N) is 2. The highest BCUT2D eigenvalue weighted by Gasteiger charge is 2.44. The maximum Gasteiger partial charge on any atom is 0.237 e. The average molecular weight is 262 g/mol. The summed E-state index contributed by atoms with van der Waals surface area (Å²) >= 11 is 0. The molecule has 5 N–H and O–H groups in total. The number of carbonyl (C=O) groups is 2. The van der Waals surface area contributed by atoms with Gasteiger partial charge >= 0.3 is 0 Å². The molecule has 0 unspecified atom stereocenters. The van der Waals surface area contributed by atoms with Crippen LogP contribution in [-0.4, -0.2) is 29.4 Å². The molecule has 6 nitrogen and oxygen atoms in total. The average Bonchev–Trinajstić information content (AvgIpc) is 3.17. The number of aromatic nitrogens is 1. The van der Waals surface area contributed by atoms with Gasteiger partial charge in [-0.25, -0.2) is 0 Å². The van der Waals surface area contributed by atoms with Crippen molar-refractivity contribution in [2.24, 2.45) is 11.5 Å². The van der Waals surface area contributed by atoms with E-state index in [-0.39, 0.29) is 17.7 Å². The Kier molecular flexibility index (Phi) is 3.80. The van der Waals surface area contributed by atoms with Crippen LogP contribution in [0.4, 0.5) is 0 Å². The molecule has 0 aliphatic heterocycles. The summed E-state index contributed by atoms with van der Waals surface area (Å²) in [6.45, 7) is 0.518. The first-order valence-corrected chi connectivity index (χ1v) is 6.26. The van der Waals surface area contributed by atoms with Crippen molar-refractivity contribution in [3.8, 4) is 0 Å². The Morgan fingerprint density at radius 3 is 2.74 bits per heavy atom. The van der Waals surface area contributed by atoms with Gasteiger partial charge in [-0.1, -0.05) is 6.07 Å². The van der Waals surface area contributed by atoms with E-state index in [0.29, 0.717) is 6.54 Å². The van der Waals surface area contributed by atoms with Gasteiger partial charge in [-0.05, 0) is 24.5 Å². The zero-order chi connectivity index (χ0) is 13.9. The lowest BCUT2D eigenvalue weighted by atomic mass is 9.97. The van der Waals surface area contributed by atoms with E-state index in [0.717, 1.165) is 18.4 Å². The van der Waals surface area contributed by atoms with Crippen molar-refractivity contribution in [3.63, 3.8) is 0 Å². The molecule has 0 bridgehead atoms. The third-order valence-corrected chi connectivity index (χ3v) is 3.49. The fraction of sp³-hybridized carbons (Fsp3) is 0.462. The Labute approximate surface area is 111 Å². The van der Waals surface area contributed by atoms with Gasteiger partial charge in [0.2, 0.25) is 11.8 Å². The van der Waals surface area contributed by atoms with Crippen LogP contribution in [0, 0.1) is 0 Å². The maximum absolute atomic E-state index is 11.7. The normalized spacial score (nSPS) is 17.5. The van der Waals surface area contributed by atoms with Crippen LogP contribution >= 0.6 is 0 Å². The van der Waals surface area contributed by atoms with Crippen LogP contribution < -0.4 is 16.8 Å². The Morgan fingerprint density at radius 2 is 2.21 bits per heavy atom. The van der Waals surface area contributed by atoms with E-state index >= 15 is 0 Å². The lowest BCUT2D eigenvalue weighted by Crippen LogP contribution is -2.45. The molecule has 1 aliphatic rings. The molecule has 1 heterocycles. The molecule has 2 rings (SSSR count). The largest absolute Gasteiger partial charge is 0.370 e. The van der Waals surface area contributed by atoms with E-state index < -0.39 is 11.9 Å². The Bertz CT molecular complexity index is 471. The van der Waals surface area contributed by atoms with E-state index in [1.807, 2.05) is 18.3 Å². The summed E-state index contributed by atoms with van der Waals surface area (Å²) in [4.78, 5) is 26.5. The fourth-order valence-corrected chi connectivity index (χ4v) is 2.09. The topological polar surface area (TPSA) is 111 Å². The van der Waals surface area contributed by atoms with Crippen LogP contribution in [-0.2, 0) is 15.0 Å². The monoisotopic (exact) mass is 262 g/mol. The van der Waals surface area contributed by atoms with Crippen molar-refractivity contribution < 1.29 is 9.59 Å². The van der Waals surface area contributed by atoms with E-state index in [9.17, 15) is 9.59 Å². The van der Waals surface area contributed by atoms with Gasteiger partial charge in [0.05, 0.1) is 12.5 Å². The molecule has 6 heteroatoms. The van der Waals surface area contributed by atoms with Gasteiger partial charge in [0.15, 0.2) is 0 Å². The van der Waals surface area contributed by atoms with Crippen molar-refractivity contribution in [2.45, 2.75) is 30.7 Å². The van der Waals surface area contributed by atoms with Gasteiger partial charge in [-0.15, -0.1) is 0 Å². The maximum atomic E-state index is 11.7. The molecule has 0 aromatic carbocycles. The third kappa shape index (κ3) is 3.29. The van der Waals surface area contributed by atoms with Crippen molar-refractivity contribution in [1.82, 2.24) is 10.3 Å². The molecule has 1 aromatic heterocycles. The molecule has 1 atom stereocenters. The minimum Gasteiger partial charge on any atom is -0.370 e. The van der Waals surface area contributed by atoms with Gasteiger partial charge in [0, 0.05) is 24.4 Å². The first-order chi connectivity index (χ1) is 9.03. The summed E-state index contributed by atoms with van der Waals surface area (Å²) in [5, 5.41) is 2.79. The molecule has 1 fully saturated rings. The highest BCUT2D eigenvalue weighted by Crippen LogP contribution is 2.47. The number of amides is 2. The van der Waals surface area contributed by atoms with Gasteiger partial charge < -0.3 is 16.8 Å². The smallest absolute Gasteiger partial charge is 0.237 e. The highest BCUT2D eigenvalue weighted by atomic mass is 16.2. The Morgan fingerprint density at radius 1 is 1.47 bits per heavy atom. The van der Waals surface area contributed by atoms with Crippen LogP contribution in [0.3, 0.4) is 0 Å². The first kappa shape index (κ1) is 13.5. The highest BCUT2D eigenvalue weighted by molar-refractivity contribution is 5.87. The number of primary amides is 1. The molecule has 2 amide bonds. The summed E-state index contributed by atoms with van der Waals surface area (Å²) in [6, 6.07) is 3.02. The number of rotatable bonds is 6. The predicted molar refractivity (Wildman–Crippen MR) is 69.9 cm³/mol. The number of hydrogen-bond acceptors (Lipinski definition) is 4. The van der Waals surface area contributed by atoms with E-state index in [1.54, 1.807) is 6.20 Å². The van der Waals surface area contributed by atoms with E-state index in [1.165, 1.54) is 0 Å². The van der Waals surface area contributed by atoms with Crippen molar-refractivity contribution in [2.75, 3.05) is 6.54 Å². The van der Waals surface area contributed by atoms with Gasteiger partial charge in [0.1, 0.15) is 0 Å². The molecule has 102 valence electrons. The Hall–Kier alpha value is -1.95. The molecule has 19 heavy (non-hydrogen) atoms. The van der Waals surface area contributed by atoms with Gasteiger partial charge in [-0.3, -0.25) is 14.6 Å². The van der Waals surface area contributed by atoms with Crippen LogP contribution in [0.1, 0.15) is 24.8 Å². The minimum atomic E-state index is -0.873. The summed E-state index contributed by atoms with van der Waals surface area (Å²) in [5.41, 5.74) is 11.7. The summed E-state index contributed by atoms with van der Waals surface area (Å²) < 4.78 is 0. The number of pyridine rings is 1. The quantitative estimate of drug-likeness (QED) is 0.637. The molecular formula is C13H18N4O2. The minimum absolute atomic E-state index is 0.0175. The van der Waals surface area contributed by atoms with Crippen LogP contribution in [0.2, 0.25) is 0 Å². The zero-order valence-electron chi connectivity index (χ0n) is 10.6. The summed E-state index contributed by atoms with van der Waals surface area (Å²) in [6.07, 6.45) is 5.45. The first-order valence-electron chi connectivity index (χ1n) is 6.26. The van der Waals surface area contributed by atoms with Gasteiger partial charge in [0.25, 0.3) is 0 Å². The lowest BCUT2D eigenvalue weighted by molar-refractivity contribution is -0.126. The Balaban J connectivity index is 1.89. The SMILES string of the molecule is NC(=O)C[C@H](N)C(=O)NCC1(c2cccnc2)CC1. The van der Waals surface area contributed by atoms with Crippen molar-refractivity contribution in [1.29, 1.82) is 0 Å². The predicted octanol–water partition coefficient (Wildman–Crippen LogP) is -0.568. The van der Waals surface area contributed by atoms with Gasteiger partial charge in [-0.2, -0.15) is 0 Å². The second kappa shape index (κ2) is 5.36. The van der Waals surface area contributed by atoms with Crippen LogP contribution in [0.25, 0.3) is 0 Å². The van der Waals surface area contributed by atoms with Crippen molar-refractivity contribution in [3.05, 3.63) is 30.1 Å². The molecule has 0 radical (unpaired) electrons. The molecule has 0 saturated heterocycles.